The average molecular weight is 277 g/mol. The van der Waals surface area contributed by atoms with Gasteiger partial charge in [-0.05, 0) is 54.9 Å². The summed E-state index contributed by atoms with van der Waals surface area (Å²) in [5.74, 6) is 0. The van der Waals surface area contributed by atoms with Gasteiger partial charge in [0.2, 0.25) is 0 Å². The topological polar surface area (TPSA) is 3.24 Å². The molecule has 1 aromatic carbocycles. The maximum absolute atomic E-state index is 2.43. The number of fused-ring (bicyclic) bond motifs is 2. The maximum atomic E-state index is 2.43. The molecule has 1 heteroatoms. The van der Waals surface area contributed by atoms with E-state index in [2.05, 4.69) is 73.6 Å². The maximum Gasteiger partial charge on any atom is 0.000991 e. The Bertz CT molecular complexity index is 729. The van der Waals surface area contributed by atoms with Crippen LogP contribution in [-0.4, -0.2) is 25.5 Å². The second kappa shape index (κ2) is 6.28. The minimum atomic E-state index is 1.09. The molecule has 0 radical (unpaired) electrons. The van der Waals surface area contributed by atoms with Crippen molar-refractivity contribution in [2.75, 3.05) is 20.6 Å². The summed E-state index contributed by atoms with van der Waals surface area (Å²) in [6.07, 6.45) is 14.8. The molecule has 0 heterocycles. The zero-order valence-electron chi connectivity index (χ0n) is 13.0. The van der Waals surface area contributed by atoms with E-state index in [1.54, 1.807) is 5.57 Å². The normalized spacial score (nSPS) is 18.9. The van der Waals surface area contributed by atoms with Crippen molar-refractivity contribution in [3.8, 4) is 0 Å². The molecule has 0 N–H and O–H groups in total. The van der Waals surface area contributed by atoms with E-state index < -0.39 is 0 Å². The molecule has 0 saturated heterocycles. The van der Waals surface area contributed by atoms with E-state index in [-0.39, 0.29) is 0 Å². The summed E-state index contributed by atoms with van der Waals surface area (Å²) in [7, 11) is 4.27. The van der Waals surface area contributed by atoms with Crippen molar-refractivity contribution in [3.63, 3.8) is 0 Å². The summed E-state index contributed by atoms with van der Waals surface area (Å²) >= 11 is 0. The van der Waals surface area contributed by atoms with E-state index in [0.717, 1.165) is 25.8 Å². The minimum absolute atomic E-state index is 1.09. The molecule has 1 nitrogen and oxygen atoms in total. The van der Waals surface area contributed by atoms with Gasteiger partial charge >= 0.3 is 0 Å². The Morgan fingerprint density at radius 1 is 1.19 bits per heavy atom. The van der Waals surface area contributed by atoms with Gasteiger partial charge < -0.3 is 4.90 Å². The van der Waals surface area contributed by atoms with E-state index in [9.17, 15) is 0 Å². The molecular formula is C20H23N. The second-order valence-electron chi connectivity index (χ2n) is 6.09. The summed E-state index contributed by atoms with van der Waals surface area (Å²) in [4.78, 5) is 2.24. The van der Waals surface area contributed by atoms with Crippen molar-refractivity contribution < 1.29 is 0 Å². The standard InChI is InChI=1S/C20H23N/c1-21(2)14-6-7-16-12-13-18-10-5-9-17-8-3-4-11-19(17)20(18)15-16/h3-5,7-11,13H,6,12,14-15H2,1-2H3. The average Bonchev–Trinajstić information content (AvgIpc) is 2.66. The molecule has 0 spiro atoms. The van der Waals surface area contributed by atoms with Gasteiger partial charge in [-0.2, -0.15) is 0 Å². The van der Waals surface area contributed by atoms with Crippen LogP contribution in [0.3, 0.4) is 0 Å². The van der Waals surface area contributed by atoms with Crippen molar-refractivity contribution in [2.45, 2.75) is 19.3 Å². The molecule has 0 unspecified atom stereocenters. The van der Waals surface area contributed by atoms with Crippen molar-refractivity contribution in [1.29, 1.82) is 0 Å². The summed E-state index contributed by atoms with van der Waals surface area (Å²) < 4.78 is 0. The van der Waals surface area contributed by atoms with Gasteiger partial charge in [0.05, 0.1) is 0 Å². The van der Waals surface area contributed by atoms with Crippen LogP contribution >= 0.6 is 0 Å². The second-order valence-corrected chi connectivity index (χ2v) is 6.09. The lowest BCUT2D eigenvalue weighted by Gasteiger charge is -2.18. The zero-order chi connectivity index (χ0) is 14.7. The zero-order valence-corrected chi connectivity index (χ0v) is 13.0. The molecule has 21 heavy (non-hydrogen) atoms. The lowest BCUT2D eigenvalue weighted by molar-refractivity contribution is 0.416. The number of allylic oxidation sites excluding steroid dienone is 5. The van der Waals surface area contributed by atoms with E-state index in [0.29, 0.717) is 0 Å². The molecule has 3 rings (SSSR count). The Morgan fingerprint density at radius 3 is 2.90 bits per heavy atom. The van der Waals surface area contributed by atoms with Gasteiger partial charge in [0.1, 0.15) is 0 Å². The van der Waals surface area contributed by atoms with E-state index >= 15 is 0 Å². The van der Waals surface area contributed by atoms with Crippen LogP contribution in [0.4, 0.5) is 0 Å². The molecular weight excluding hydrogens is 254 g/mol. The van der Waals surface area contributed by atoms with Crippen LogP contribution in [0, 0.1) is 0 Å². The van der Waals surface area contributed by atoms with Crippen molar-refractivity contribution in [1.82, 2.24) is 4.90 Å². The molecule has 0 atom stereocenters. The lowest BCUT2D eigenvalue weighted by atomic mass is 9.87. The van der Waals surface area contributed by atoms with Gasteiger partial charge in [0.25, 0.3) is 0 Å². The highest BCUT2D eigenvalue weighted by molar-refractivity contribution is 5.74. The molecule has 0 amide bonds. The molecule has 0 bridgehead atoms. The monoisotopic (exact) mass is 277 g/mol. The van der Waals surface area contributed by atoms with Crippen molar-refractivity contribution in [3.05, 3.63) is 70.2 Å². The van der Waals surface area contributed by atoms with Crippen LogP contribution in [0.15, 0.2) is 59.7 Å². The number of nitrogens with zero attached hydrogens (tertiary/aromatic N) is 1. The summed E-state index contributed by atoms with van der Waals surface area (Å²) in [5.41, 5.74) is 4.44. The molecule has 108 valence electrons. The highest BCUT2D eigenvalue weighted by Crippen LogP contribution is 2.29. The third kappa shape index (κ3) is 3.25. The van der Waals surface area contributed by atoms with Gasteiger partial charge in [-0.1, -0.05) is 60.2 Å². The predicted molar refractivity (Wildman–Crippen MR) is 91.3 cm³/mol. The third-order valence-electron chi connectivity index (χ3n) is 4.18. The van der Waals surface area contributed by atoms with Crippen LogP contribution in [0.1, 0.15) is 19.3 Å². The summed E-state index contributed by atoms with van der Waals surface area (Å²) in [6, 6.07) is 8.73. The number of rotatable bonds is 3. The Hall–Kier alpha value is -1.86. The Kier molecular flexibility index (Phi) is 4.21. The van der Waals surface area contributed by atoms with E-state index in [4.69, 9.17) is 0 Å². The minimum Gasteiger partial charge on any atom is -0.309 e. The molecule has 0 saturated carbocycles. The van der Waals surface area contributed by atoms with Crippen LogP contribution in [0.25, 0.3) is 11.6 Å². The van der Waals surface area contributed by atoms with E-state index in [1.807, 2.05) is 0 Å². The Labute approximate surface area is 127 Å². The van der Waals surface area contributed by atoms with Crippen molar-refractivity contribution in [2.24, 2.45) is 0 Å². The molecule has 2 aliphatic rings. The lowest BCUT2D eigenvalue weighted by Crippen LogP contribution is -2.26. The van der Waals surface area contributed by atoms with Gasteiger partial charge in [0.15, 0.2) is 0 Å². The van der Waals surface area contributed by atoms with Crippen LogP contribution in [-0.2, 0) is 0 Å². The summed E-state index contributed by atoms with van der Waals surface area (Å²) in [6.45, 7) is 1.12. The number of hydrogen-bond donors (Lipinski definition) is 0. The van der Waals surface area contributed by atoms with Crippen LogP contribution in [0.2, 0.25) is 0 Å². The molecule has 1 aromatic rings. The quantitative estimate of drug-likeness (QED) is 0.768. The SMILES string of the molecule is CN(C)CCC=C1CC=C2C=CC=c3ccccc3=C2C1. The van der Waals surface area contributed by atoms with Crippen molar-refractivity contribution >= 4 is 11.6 Å². The first-order valence-corrected chi connectivity index (χ1v) is 7.74. The van der Waals surface area contributed by atoms with Crippen LogP contribution < -0.4 is 10.4 Å². The number of hydrogen-bond acceptors (Lipinski definition) is 1. The fraction of sp³-hybridized carbons (Fsp3) is 0.300. The summed E-state index contributed by atoms with van der Waals surface area (Å²) in [5, 5.41) is 2.73. The number of benzene rings is 1. The first kappa shape index (κ1) is 14.1. The van der Waals surface area contributed by atoms with Gasteiger partial charge in [-0.15, -0.1) is 0 Å². The van der Waals surface area contributed by atoms with Gasteiger partial charge in [-0.25, -0.2) is 0 Å². The van der Waals surface area contributed by atoms with Gasteiger partial charge in [-0.3, -0.25) is 0 Å². The molecule has 0 fully saturated rings. The van der Waals surface area contributed by atoms with Crippen LogP contribution in [0.5, 0.6) is 0 Å². The third-order valence-corrected chi connectivity index (χ3v) is 4.18. The first-order chi connectivity index (χ1) is 10.2. The molecule has 2 aliphatic carbocycles. The predicted octanol–water partition coefficient (Wildman–Crippen LogP) is 2.79. The molecule has 0 aliphatic heterocycles. The smallest absolute Gasteiger partial charge is 0.000991 e. The van der Waals surface area contributed by atoms with Gasteiger partial charge in [0, 0.05) is 6.54 Å². The largest absolute Gasteiger partial charge is 0.309 e. The molecule has 0 aromatic heterocycles. The fourth-order valence-electron chi connectivity index (χ4n) is 3.04. The highest BCUT2D eigenvalue weighted by atomic mass is 15.0. The fourth-order valence-corrected chi connectivity index (χ4v) is 3.04. The highest BCUT2D eigenvalue weighted by Gasteiger charge is 2.13. The Balaban J connectivity index is 1.97. The first-order valence-electron chi connectivity index (χ1n) is 7.74. The Morgan fingerprint density at radius 2 is 2.05 bits per heavy atom. The van der Waals surface area contributed by atoms with E-state index in [1.165, 1.54) is 21.6 Å².